The van der Waals surface area contributed by atoms with Gasteiger partial charge in [-0.05, 0) is 48.0 Å². The molecule has 100 valence electrons. The maximum atomic E-state index is 12.2. The minimum Gasteiger partial charge on any atom is -0.305 e. The lowest BCUT2D eigenvalue weighted by Gasteiger charge is -2.06. The van der Waals surface area contributed by atoms with Gasteiger partial charge in [0.2, 0.25) is 0 Å². The molecule has 0 fully saturated rings. The molecular weight excluding hydrogens is 374 g/mol. The van der Waals surface area contributed by atoms with Crippen molar-refractivity contribution in [3.8, 4) is 0 Å². The Kier molecular flexibility index (Phi) is 4.42. The summed E-state index contributed by atoms with van der Waals surface area (Å²) in [5.74, 6) is 0.354. The lowest BCUT2D eigenvalue weighted by molar-refractivity contribution is 0.102. The summed E-state index contributed by atoms with van der Waals surface area (Å²) in [6, 6.07) is 7.51. The van der Waals surface area contributed by atoms with Gasteiger partial charge in [-0.25, -0.2) is 0 Å². The number of anilines is 1. The molecule has 0 radical (unpaired) electrons. The first-order valence-electron chi connectivity index (χ1n) is 5.79. The van der Waals surface area contributed by atoms with Crippen molar-refractivity contribution in [2.75, 3.05) is 5.32 Å². The topological polar surface area (TPSA) is 46.9 Å². The Morgan fingerprint density at radius 3 is 2.68 bits per heavy atom. The third-order valence-corrected chi connectivity index (χ3v) is 3.74. The SMILES string of the molecule is CC(C)n1ccc(NC(=O)c2cc(Br)ccc2Br)n1. The van der Waals surface area contributed by atoms with Crippen LogP contribution in [0.15, 0.2) is 39.4 Å². The summed E-state index contributed by atoms with van der Waals surface area (Å²) in [5.41, 5.74) is 0.563. The van der Waals surface area contributed by atoms with Crippen LogP contribution in [-0.4, -0.2) is 15.7 Å². The lowest BCUT2D eigenvalue weighted by atomic mass is 10.2. The first-order valence-corrected chi connectivity index (χ1v) is 7.37. The Balaban J connectivity index is 2.18. The van der Waals surface area contributed by atoms with E-state index in [0.717, 1.165) is 8.95 Å². The first kappa shape index (κ1) is 14.3. The Hall–Kier alpha value is -1.14. The number of aromatic nitrogens is 2. The summed E-state index contributed by atoms with van der Waals surface area (Å²) in [7, 11) is 0. The maximum absolute atomic E-state index is 12.2. The maximum Gasteiger partial charge on any atom is 0.258 e. The summed E-state index contributed by atoms with van der Waals surface area (Å²) in [6.45, 7) is 4.06. The molecule has 1 aromatic heterocycles. The summed E-state index contributed by atoms with van der Waals surface area (Å²) in [4.78, 5) is 12.2. The average molecular weight is 387 g/mol. The monoisotopic (exact) mass is 385 g/mol. The molecule has 0 saturated carbocycles. The van der Waals surface area contributed by atoms with Crippen molar-refractivity contribution >= 4 is 43.6 Å². The molecule has 0 spiro atoms. The molecule has 1 N–H and O–H groups in total. The molecule has 6 heteroatoms. The zero-order valence-corrected chi connectivity index (χ0v) is 13.7. The van der Waals surface area contributed by atoms with Crippen LogP contribution in [0, 0.1) is 0 Å². The highest BCUT2D eigenvalue weighted by Gasteiger charge is 2.12. The van der Waals surface area contributed by atoms with E-state index >= 15 is 0 Å². The van der Waals surface area contributed by atoms with E-state index in [9.17, 15) is 4.79 Å². The number of carbonyl (C=O) groups excluding carboxylic acids is 1. The minimum atomic E-state index is -0.192. The van der Waals surface area contributed by atoms with E-state index in [1.807, 2.05) is 32.2 Å². The lowest BCUT2D eigenvalue weighted by Crippen LogP contribution is -2.13. The fourth-order valence-corrected chi connectivity index (χ4v) is 2.34. The van der Waals surface area contributed by atoms with Gasteiger partial charge in [-0.15, -0.1) is 0 Å². The summed E-state index contributed by atoms with van der Waals surface area (Å²) in [6.07, 6.45) is 1.84. The molecule has 1 amide bonds. The third kappa shape index (κ3) is 3.45. The van der Waals surface area contributed by atoms with Gasteiger partial charge >= 0.3 is 0 Å². The van der Waals surface area contributed by atoms with Crippen molar-refractivity contribution < 1.29 is 4.79 Å². The second-order valence-electron chi connectivity index (χ2n) is 4.35. The number of carbonyl (C=O) groups is 1. The number of amides is 1. The van der Waals surface area contributed by atoms with Crippen LogP contribution in [0.5, 0.6) is 0 Å². The molecule has 0 bridgehead atoms. The molecule has 19 heavy (non-hydrogen) atoms. The molecule has 0 aliphatic heterocycles. The quantitative estimate of drug-likeness (QED) is 0.857. The predicted molar refractivity (Wildman–Crippen MR) is 82.4 cm³/mol. The molecule has 2 aromatic rings. The van der Waals surface area contributed by atoms with Crippen LogP contribution in [0.3, 0.4) is 0 Å². The third-order valence-electron chi connectivity index (χ3n) is 2.55. The van der Waals surface area contributed by atoms with Crippen LogP contribution in [-0.2, 0) is 0 Å². The van der Waals surface area contributed by atoms with Gasteiger partial charge in [0.25, 0.3) is 5.91 Å². The highest BCUT2D eigenvalue weighted by atomic mass is 79.9. The predicted octanol–water partition coefficient (Wildman–Crippen LogP) is 4.24. The fraction of sp³-hybridized carbons (Fsp3) is 0.231. The van der Waals surface area contributed by atoms with Crippen molar-refractivity contribution in [2.24, 2.45) is 0 Å². The van der Waals surface area contributed by atoms with Crippen LogP contribution in [0.1, 0.15) is 30.2 Å². The molecular formula is C13H13Br2N3O. The highest BCUT2D eigenvalue weighted by Crippen LogP contribution is 2.22. The molecule has 1 heterocycles. The number of hydrogen-bond donors (Lipinski definition) is 1. The van der Waals surface area contributed by atoms with Crippen LogP contribution in [0.4, 0.5) is 5.82 Å². The van der Waals surface area contributed by atoms with Crippen molar-refractivity contribution in [1.29, 1.82) is 0 Å². The number of rotatable bonds is 3. The smallest absolute Gasteiger partial charge is 0.258 e. The van der Waals surface area contributed by atoms with Crippen LogP contribution in [0.25, 0.3) is 0 Å². The van der Waals surface area contributed by atoms with Gasteiger partial charge in [0.05, 0.1) is 5.56 Å². The van der Waals surface area contributed by atoms with Gasteiger partial charge in [-0.1, -0.05) is 15.9 Å². The molecule has 0 aliphatic carbocycles. The number of nitrogens with one attached hydrogen (secondary N) is 1. The molecule has 0 saturated heterocycles. The normalized spacial score (nSPS) is 10.8. The van der Waals surface area contributed by atoms with Gasteiger partial charge in [-0.2, -0.15) is 5.10 Å². The number of benzene rings is 1. The van der Waals surface area contributed by atoms with Crippen LogP contribution in [0.2, 0.25) is 0 Å². The van der Waals surface area contributed by atoms with E-state index in [4.69, 9.17) is 0 Å². The molecule has 0 unspecified atom stereocenters. The van der Waals surface area contributed by atoms with Crippen molar-refractivity contribution in [2.45, 2.75) is 19.9 Å². The minimum absolute atomic E-state index is 0.192. The van der Waals surface area contributed by atoms with E-state index in [1.165, 1.54) is 0 Å². The summed E-state index contributed by atoms with van der Waals surface area (Å²) in [5, 5.41) is 7.06. The van der Waals surface area contributed by atoms with Crippen molar-refractivity contribution in [3.05, 3.63) is 45.0 Å². The molecule has 2 rings (SSSR count). The Labute approximate surface area is 128 Å². The second kappa shape index (κ2) is 5.88. The molecule has 1 aromatic carbocycles. The molecule has 0 aliphatic rings. The van der Waals surface area contributed by atoms with Crippen molar-refractivity contribution in [1.82, 2.24) is 9.78 Å². The Morgan fingerprint density at radius 2 is 2.05 bits per heavy atom. The summed E-state index contributed by atoms with van der Waals surface area (Å²) < 4.78 is 3.40. The van der Waals surface area contributed by atoms with E-state index < -0.39 is 0 Å². The number of nitrogens with zero attached hydrogens (tertiary/aromatic N) is 2. The van der Waals surface area contributed by atoms with Gasteiger partial charge in [-0.3, -0.25) is 9.48 Å². The number of hydrogen-bond acceptors (Lipinski definition) is 2. The number of halogens is 2. The fourth-order valence-electron chi connectivity index (χ4n) is 1.55. The van der Waals surface area contributed by atoms with Crippen molar-refractivity contribution in [3.63, 3.8) is 0 Å². The zero-order valence-electron chi connectivity index (χ0n) is 10.5. The Bertz CT molecular complexity index is 608. The van der Waals surface area contributed by atoms with Gasteiger partial charge in [0.15, 0.2) is 5.82 Å². The molecule has 4 nitrogen and oxygen atoms in total. The largest absolute Gasteiger partial charge is 0.305 e. The highest BCUT2D eigenvalue weighted by molar-refractivity contribution is 9.11. The van der Waals surface area contributed by atoms with E-state index in [1.54, 1.807) is 16.8 Å². The van der Waals surface area contributed by atoms with E-state index in [-0.39, 0.29) is 11.9 Å². The zero-order chi connectivity index (χ0) is 14.0. The van der Waals surface area contributed by atoms with Gasteiger partial charge < -0.3 is 5.32 Å². The molecule has 0 atom stereocenters. The first-order chi connectivity index (χ1) is 8.97. The van der Waals surface area contributed by atoms with E-state index in [2.05, 4.69) is 42.3 Å². The average Bonchev–Trinajstić information content (AvgIpc) is 2.80. The second-order valence-corrected chi connectivity index (χ2v) is 6.12. The Morgan fingerprint density at radius 1 is 1.32 bits per heavy atom. The standard InChI is InChI=1S/C13H13Br2N3O/c1-8(2)18-6-5-12(17-18)16-13(19)10-7-9(14)3-4-11(10)15/h3-8H,1-2H3,(H,16,17,19). The van der Waals surface area contributed by atoms with Gasteiger partial charge in [0, 0.05) is 27.3 Å². The van der Waals surface area contributed by atoms with Gasteiger partial charge in [0.1, 0.15) is 0 Å². The summed E-state index contributed by atoms with van der Waals surface area (Å²) >= 11 is 6.72. The van der Waals surface area contributed by atoms with Crippen LogP contribution < -0.4 is 5.32 Å². The van der Waals surface area contributed by atoms with Crippen LogP contribution >= 0.6 is 31.9 Å². The van der Waals surface area contributed by atoms with E-state index in [0.29, 0.717) is 11.4 Å².